The molecule has 2 heterocycles. The van der Waals surface area contributed by atoms with E-state index in [0.29, 0.717) is 25.3 Å². The van der Waals surface area contributed by atoms with Crippen LogP contribution in [-0.2, 0) is 6.54 Å². The van der Waals surface area contributed by atoms with E-state index in [-0.39, 0.29) is 0 Å². The molecule has 1 fully saturated rings. The third-order valence-corrected chi connectivity index (χ3v) is 5.86. The number of aromatic nitrogens is 1. The van der Waals surface area contributed by atoms with E-state index in [1.165, 1.54) is 5.56 Å². The fourth-order valence-corrected chi connectivity index (χ4v) is 4.16. The fourth-order valence-electron chi connectivity index (χ4n) is 4.16. The maximum Gasteiger partial charge on any atom is 0.295 e. The van der Waals surface area contributed by atoms with Crippen molar-refractivity contribution in [1.82, 2.24) is 9.88 Å². The summed E-state index contributed by atoms with van der Waals surface area (Å²) < 4.78 is 17.6. The van der Waals surface area contributed by atoms with Crippen LogP contribution in [0.1, 0.15) is 37.8 Å². The molecule has 0 bridgehead atoms. The number of nitrogens with zero attached hydrogens (tertiary/aromatic N) is 2. The monoisotopic (exact) mass is 435 g/mol. The molecule has 1 N–H and O–H groups in total. The second-order valence-electron chi connectivity index (χ2n) is 8.17. The summed E-state index contributed by atoms with van der Waals surface area (Å²) in [5, 5.41) is 3.47. The van der Waals surface area contributed by atoms with E-state index in [2.05, 4.69) is 34.3 Å². The van der Waals surface area contributed by atoms with Gasteiger partial charge in [0.05, 0.1) is 19.4 Å². The van der Waals surface area contributed by atoms with E-state index in [0.717, 1.165) is 60.9 Å². The number of likely N-dealkylation sites (tertiary alicyclic amines) is 1. The van der Waals surface area contributed by atoms with Gasteiger partial charge in [0.25, 0.3) is 6.01 Å². The Morgan fingerprint density at radius 2 is 1.69 bits per heavy atom. The number of rotatable bonds is 9. The molecule has 3 aromatic rings. The summed E-state index contributed by atoms with van der Waals surface area (Å²) in [7, 11) is 0. The first kappa shape index (κ1) is 22.2. The van der Waals surface area contributed by atoms with Crippen molar-refractivity contribution in [2.75, 3.05) is 31.6 Å². The van der Waals surface area contributed by atoms with Crippen LogP contribution < -0.4 is 14.8 Å². The van der Waals surface area contributed by atoms with Crippen LogP contribution in [0.3, 0.4) is 0 Å². The lowest BCUT2D eigenvalue weighted by molar-refractivity contribution is 0.209. The van der Waals surface area contributed by atoms with Gasteiger partial charge >= 0.3 is 0 Å². The SMILES string of the molecule is CCOc1cc(CN2CCC(Nc3ncc(-c4ccccc4)o3)CC2)cc(OCC)c1C. The average Bonchev–Trinajstić information content (AvgIpc) is 3.28. The van der Waals surface area contributed by atoms with E-state index in [4.69, 9.17) is 13.9 Å². The molecule has 6 nitrogen and oxygen atoms in total. The number of benzene rings is 2. The van der Waals surface area contributed by atoms with Gasteiger partial charge in [0.15, 0.2) is 5.76 Å². The van der Waals surface area contributed by atoms with Crippen molar-refractivity contribution in [3.05, 3.63) is 59.8 Å². The van der Waals surface area contributed by atoms with Crippen molar-refractivity contribution in [2.45, 2.75) is 46.2 Å². The molecule has 0 atom stereocenters. The van der Waals surface area contributed by atoms with Gasteiger partial charge in [-0.1, -0.05) is 30.3 Å². The van der Waals surface area contributed by atoms with Gasteiger partial charge in [0.2, 0.25) is 0 Å². The zero-order valence-corrected chi connectivity index (χ0v) is 19.3. The smallest absolute Gasteiger partial charge is 0.295 e. The molecule has 0 amide bonds. The number of ether oxygens (including phenoxy) is 2. The Morgan fingerprint density at radius 1 is 1.03 bits per heavy atom. The van der Waals surface area contributed by atoms with Gasteiger partial charge in [0, 0.05) is 36.8 Å². The van der Waals surface area contributed by atoms with E-state index < -0.39 is 0 Å². The van der Waals surface area contributed by atoms with Crippen LogP contribution in [0.15, 0.2) is 53.1 Å². The zero-order valence-electron chi connectivity index (χ0n) is 19.3. The second-order valence-corrected chi connectivity index (χ2v) is 8.17. The Morgan fingerprint density at radius 3 is 2.31 bits per heavy atom. The van der Waals surface area contributed by atoms with Gasteiger partial charge < -0.3 is 19.2 Å². The third kappa shape index (κ3) is 5.43. The lowest BCUT2D eigenvalue weighted by atomic mass is 10.0. The van der Waals surface area contributed by atoms with Crippen molar-refractivity contribution in [3.8, 4) is 22.8 Å². The second kappa shape index (κ2) is 10.6. The first-order valence-corrected chi connectivity index (χ1v) is 11.6. The summed E-state index contributed by atoms with van der Waals surface area (Å²) in [5.74, 6) is 2.63. The third-order valence-electron chi connectivity index (χ3n) is 5.86. The molecule has 0 spiro atoms. The van der Waals surface area contributed by atoms with Gasteiger partial charge in [-0.25, -0.2) is 4.98 Å². The molecule has 0 unspecified atom stereocenters. The van der Waals surface area contributed by atoms with Crippen molar-refractivity contribution in [3.63, 3.8) is 0 Å². The maximum absolute atomic E-state index is 5.91. The topological polar surface area (TPSA) is 59.8 Å². The van der Waals surface area contributed by atoms with Crippen LogP contribution in [0.2, 0.25) is 0 Å². The minimum Gasteiger partial charge on any atom is -0.493 e. The lowest BCUT2D eigenvalue weighted by Gasteiger charge is -2.32. The van der Waals surface area contributed by atoms with E-state index in [9.17, 15) is 0 Å². The summed E-state index contributed by atoms with van der Waals surface area (Å²) in [6.07, 6.45) is 3.88. The highest BCUT2D eigenvalue weighted by atomic mass is 16.5. The highest BCUT2D eigenvalue weighted by molar-refractivity contribution is 5.57. The van der Waals surface area contributed by atoms with Gasteiger partial charge in [-0.3, -0.25) is 4.90 Å². The van der Waals surface area contributed by atoms with Crippen LogP contribution >= 0.6 is 0 Å². The maximum atomic E-state index is 5.91. The first-order chi connectivity index (χ1) is 15.7. The Bertz CT molecular complexity index is 968. The number of oxazole rings is 1. The lowest BCUT2D eigenvalue weighted by Crippen LogP contribution is -2.38. The Labute approximate surface area is 190 Å². The largest absolute Gasteiger partial charge is 0.493 e. The Hall–Kier alpha value is -2.99. The number of hydrogen-bond donors (Lipinski definition) is 1. The number of anilines is 1. The minimum atomic E-state index is 0.365. The molecule has 1 aromatic heterocycles. The zero-order chi connectivity index (χ0) is 22.3. The molecule has 170 valence electrons. The molecular weight excluding hydrogens is 402 g/mol. The van der Waals surface area contributed by atoms with E-state index in [1.807, 2.05) is 44.2 Å². The van der Waals surface area contributed by atoms with Crippen LogP contribution in [0.4, 0.5) is 6.01 Å². The molecule has 1 saturated heterocycles. The van der Waals surface area contributed by atoms with Crippen molar-refractivity contribution in [1.29, 1.82) is 0 Å². The number of nitrogens with one attached hydrogen (secondary N) is 1. The quantitative estimate of drug-likeness (QED) is 0.477. The summed E-state index contributed by atoms with van der Waals surface area (Å²) in [5.41, 5.74) is 3.34. The molecular formula is C26H33N3O3. The van der Waals surface area contributed by atoms with Gasteiger partial charge in [-0.15, -0.1) is 0 Å². The van der Waals surface area contributed by atoms with Crippen molar-refractivity contribution >= 4 is 6.01 Å². The van der Waals surface area contributed by atoms with Crippen molar-refractivity contribution < 1.29 is 13.9 Å². The molecule has 0 saturated carbocycles. The van der Waals surface area contributed by atoms with Crippen LogP contribution in [0, 0.1) is 6.92 Å². The minimum absolute atomic E-state index is 0.365. The molecule has 6 heteroatoms. The molecule has 1 aliphatic rings. The predicted octanol–water partition coefficient (Wildman–Crippen LogP) is 5.52. The highest BCUT2D eigenvalue weighted by Crippen LogP contribution is 2.31. The molecule has 32 heavy (non-hydrogen) atoms. The van der Waals surface area contributed by atoms with Crippen LogP contribution in [-0.4, -0.2) is 42.2 Å². The molecule has 2 aromatic carbocycles. The number of hydrogen-bond acceptors (Lipinski definition) is 6. The molecule has 4 rings (SSSR count). The number of piperidine rings is 1. The molecule has 0 aliphatic carbocycles. The molecule has 1 aliphatic heterocycles. The normalized spacial score (nSPS) is 15.0. The summed E-state index contributed by atoms with van der Waals surface area (Å²) in [4.78, 5) is 6.90. The van der Waals surface area contributed by atoms with Gasteiger partial charge in [-0.2, -0.15) is 0 Å². The van der Waals surface area contributed by atoms with Crippen molar-refractivity contribution in [2.24, 2.45) is 0 Å². The highest BCUT2D eigenvalue weighted by Gasteiger charge is 2.21. The molecule has 0 radical (unpaired) electrons. The average molecular weight is 436 g/mol. The standard InChI is InChI=1S/C26H33N3O3/c1-4-30-23-15-20(16-24(19(23)3)31-5-2)18-29-13-11-22(12-14-29)28-26-27-17-25(32-26)21-9-7-6-8-10-21/h6-10,15-17,22H,4-5,11-14,18H2,1-3H3,(H,27,28). The Balaban J connectivity index is 1.33. The van der Waals surface area contributed by atoms with E-state index in [1.54, 1.807) is 6.20 Å². The summed E-state index contributed by atoms with van der Waals surface area (Å²) in [6, 6.07) is 15.3. The van der Waals surface area contributed by atoms with E-state index >= 15 is 0 Å². The van der Waals surface area contributed by atoms with Gasteiger partial charge in [-0.05, 0) is 51.3 Å². The Kier molecular flexibility index (Phi) is 7.32. The van der Waals surface area contributed by atoms with Crippen LogP contribution in [0.25, 0.3) is 11.3 Å². The predicted molar refractivity (Wildman–Crippen MR) is 127 cm³/mol. The van der Waals surface area contributed by atoms with Gasteiger partial charge in [0.1, 0.15) is 11.5 Å². The summed E-state index contributed by atoms with van der Waals surface area (Å²) in [6.45, 7) is 10.3. The summed E-state index contributed by atoms with van der Waals surface area (Å²) >= 11 is 0. The van der Waals surface area contributed by atoms with Crippen LogP contribution in [0.5, 0.6) is 11.5 Å². The first-order valence-electron chi connectivity index (χ1n) is 11.6. The fraction of sp³-hybridized carbons (Fsp3) is 0.423.